The summed E-state index contributed by atoms with van der Waals surface area (Å²) in [6.45, 7) is 0. The average molecular weight is 382 g/mol. The number of hydrogen-bond donors (Lipinski definition) is 3. The lowest BCUT2D eigenvalue weighted by molar-refractivity contribution is -0.112. The summed E-state index contributed by atoms with van der Waals surface area (Å²) in [4.78, 5) is 32.1. The first-order valence-corrected chi connectivity index (χ1v) is 9.03. The van der Waals surface area contributed by atoms with Crippen LogP contribution >= 0.6 is 0 Å². The number of nitrogens with zero attached hydrogens (tertiary/aromatic N) is 1. The molecule has 4 aromatic rings. The van der Waals surface area contributed by atoms with Gasteiger partial charge in [0.1, 0.15) is 5.65 Å². The molecule has 2 aromatic heterocycles. The van der Waals surface area contributed by atoms with Gasteiger partial charge >= 0.3 is 0 Å². The topological polar surface area (TPSA) is 101 Å². The summed E-state index contributed by atoms with van der Waals surface area (Å²) in [7, 11) is 0. The summed E-state index contributed by atoms with van der Waals surface area (Å²) in [5, 5.41) is 3.63. The highest BCUT2D eigenvalue weighted by molar-refractivity contribution is 6.24. The van der Waals surface area contributed by atoms with E-state index < -0.39 is 5.91 Å². The Morgan fingerprint density at radius 2 is 1.59 bits per heavy atom. The maximum absolute atomic E-state index is 12.6. The number of pyridine rings is 1. The largest absolute Gasteiger partial charge is 0.366 e. The molecule has 0 bridgehead atoms. The van der Waals surface area contributed by atoms with Gasteiger partial charge in [-0.05, 0) is 29.8 Å². The molecule has 4 rings (SSSR count). The molecular formula is C23H18N4O2. The van der Waals surface area contributed by atoms with Gasteiger partial charge in [0.05, 0.1) is 5.69 Å². The summed E-state index contributed by atoms with van der Waals surface area (Å²) in [5.41, 5.74) is 9.15. The Balaban J connectivity index is 1.78. The normalized spacial score (nSPS) is 11.4. The predicted octanol–water partition coefficient (Wildman–Crippen LogP) is 3.84. The quantitative estimate of drug-likeness (QED) is 0.457. The minimum absolute atomic E-state index is 0.229. The van der Waals surface area contributed by atoms with Crippen LogP contribution in [-0.2, 0) is 4.79 Å². The number of H-pyrrole nitrogens is 1. The number of rotatable bonds is 5. The summed E-state index contributed by atoms with van der Waals surface area (Å²) in [5.74, 6) is -0.767. The van der Waals surface area contributed by atoms with Gasteiger partial charge in [0.15, 0.2) is 0 Å². The third kappa shape index (κ3) is 3.77. The van der Waals surface area contributed by atoms with Crippen LogP contribution in [0.3, 0.4) is 0 Å². The lowest BCUT2D eigenvalue weighted by atomic mass is 10.0. The average Bonchev–Trinajstić information content (AvgIpc) is 3.17. The lowest BCUT2D eigenvalue weighted by Crippen LogP contribution is -2.13. The summed E-state index contributed by atoms with van der Waals surface area (Å²) >= 11 is 0. The van der Waals surface area contributed by atoms with Crippen molar-refractivity contribution in [1.82, 2.24) is 9.97 Å². The number of nitrogens with one attached hydrogen (secondary N) is 2. The van der Waals surface area contributed by atoms with Gasteiger partial charge < -0.3 is 16.0 Å². The van der Waals surface area contributed by atoms with Crippen molar-refractivity contribution in [2.24, 2.45) is 5.73 Å². The number of hydrogen-bond acceptors (Lipinski definition) is 3. The van der Waals surface area contributed by atoms with E-state index in [1.165, 1.54) is 0 Å². The molecule has 0 aliphatic heterocycles. The van der Waals surface area contributed by atoms with Crippen LogP contribution in [0, 0.1) is 0 Å². The van der Waals surface area contributed by atoms with Gasteiger partial charge in [-0.1, -0.05) is 48.5 Å². The third-order valence-electron chi connectivity index (χ3n) is 4.54. The van der Waals surface area contributed by atoms with Crippen molar-refractivity contribution in [2.75, 3.05) is 5.32 Å². The molecule has 0 saturated carbocycles. The zero-order chi connectivity index (χ0) is 20.2. The molecule has 2 aromatic carbocycles. The molecule has 0 aliphatic carbocycles. The number of nitrogens with two attached hydrogens (primary N) is 1. The molecule has 2 heterocycles. The first-order chi connectivity index (χ1) is 14.1. The smallest absolute Gasteiger partial charge is 0.255 e. The van der Waals surface area contributed by atoms with E-state index in [2.05, 4.69) is 15.3 Å². The standard InChI is InChI=1S/C23H18N4O2/c24-21(28)18(15-7-3-1-4-8-15)13-17-14-26-22-20(17)19(11-12-25-22)27-23(29)16-9-5-2-6-10-16/h1-14H,(H2,24,28)(H2,25,26,27,29). The molecule has 0 fully saturated rings. The van der Waals surface area contributed by atoms with Crippen molar-refractivity contribution in [3.63, 3.8) is 0 Å². The first kappa shape index (κ1) is 18.2. The molecule has 29 heavy (non-hydrogen) atoms. The van der Waals surface area contributed by atoms with Crippen molar-refractivity contribution >= 4 is 40.2 Å². The van der Waals surface area contributed by atoms with E-state index in [4.69, 9.17) is 5.73 Å². The van der Waals surface area contributed by atoms with E-state index in [0.29, 0.717) is 39.0 Å². The Morgan fingerprint density at radius 1 is 0.931 bits per heavy atom. The number of primary amides is 1. The molecule has 0 atom stereocenters. The third-order valence-corrected chi connectivity index (χ3v) is 4.54. The minimum Gasteiger partial charge on any atom is -0.366 e. The van der Waals surface area contributed by atoms with Crippen LogP contribution in [0.25, 0.3) is 22.7 Å². The van der Waals surface area contributed by atoms with Crippen LogP contribution in [0.2, 0.25) is 0 Å². The van der Waals surface area contributed by atoms with Crippen LogP contribution in [0.15, 0.2) is 79.1 Å². The molecule has 0 radical (unpaired) electrons. The molecule has 142 valence electrons. The fourth-order valence-corrected chi connectivity index (χ4v) is 3.15. The molecule has 0 aliphatic rings. The van der Waals surface area contributed by atoms with E-state index in [1.807, 2.05) is 36.4 Å². The predicted molar refractivity (Wildman–Crippen MR) is 114 cm³/mol. The number of benzene rings is 2. The summed E-state index contributed by atoms with van der Waals surface area (Å²) in [6, 6.07) is 19.9. The Kier molecular flexibility index (Phi) is 4.90. The van der Waals surface area contributed by atoms with E-state index in [0.717, 1.165) is 0 Å². The Hall–Kier alpha value is -4.19. The monoisotopic (exact) mass is 382 g/mol. The Morgan fingerprint density at radius 3 is 2.24 bits per heavy atom. The first-order valence-electron chi connectivity index (χ1n) is 9.03. The molecule has 0 spiro atoms. The number of fused-ring (bicyclic) bond motifs is 1. The van der Waals surface area contributed by atoms with Crippen molar-refractivity contribution in [3.8, 4) is 0 Å². The van der Waals surface area contributed by atoms with Gasteiger partial charge in [-0.2, -0.15) is 0 Å². The fourth-order valence-electron chi connectivity index (χ4n) is 3.15. The van der Waals surface area contributed by atoms with Gasteiger partial charge in [-0.15, -0.1) is 0 Å². The molecule has 2 amide bonds. The van der Waals surface area contributed by atoms with Gasteiger partial charge in [0.2, 0.25) is 5.91 Å². The second-order valence-electron chi connectivity index (χ2n) is 6.43. The van der Waals surface area contributed by atoms with E-state index in [-0.39, 0.29) is 5.91 Å². The van der Waals surface area contributed by atoms with Crippen LogP contribution in [0.4, 0.5) is 5.69 Å². The highest BCUT2D eigenvalue weighted by atomic mass is 16.2. The van der Waals surface area contributed by atoms with Crippen molar-refractivity contribution < 1.29 is 9.59 Å². The SMILES string of the molecule is NC(=O)C(=Cc1c[nH]c2nccc(NC(=O)c3ccccc3)c12)c1ccccc1. The molecule has 6 heteroatoms. The second-order valence-corrected chi connectivity index (χ2v) is 6.43. The molecular weight excluding hydrogens is 364 g/mol. The van der Waals surface area contributed by atoms with Gasteiger partial charge in [-0.25, -0.2) is 4.98 Å². The number of anilines is 1. The highest BCUT2D eigenvalue weighted by Gasteiger charge is 2.14. The van der Waals surface area contributed by atoms with Crippen LogP contribution < -0.4 is 11.1 Å². The zero-order valence-electron chi connectivity index (χ0n) is 15.4. The number of amides is 2. The summed E-state index contributed by atoms with van der Waals surface area (Å²) < 4.78 is 0. The Bertz CT molecular complexity index is 1210. The fraction of sp³-hybridized carbons (Fsp3) is 0. The number of aromatic nitrogens is 2. The van der Waals surface area contributed by atoms with Crippen LogP contribution in [0.1, 0.15) is 21.5 Å². The van der Waals surface area contributed by atoms with Crippen LogP contribution in [-0.4, -0.2) is 21.8 Å². The van der Waals surface area contributed by atoms with Gasteiger partial charge in [-0.3, -0.25) is 9.59 Å². The number of carbonyl (C=O) groups excluding carboxylic acids is 2. The van der Waals surface area contributed by atoms with Gasteiger partial charge in [0.25, 0.3) is 5.91 Å². The molecule has 0 unspecified atom stereocenters. The summed E-state index contributed by atoms with van der Waals surface area (Å²) in [6.07, 6.45) is 5.05. The van der Waals surface area contributed by atoms with Crippen molar-refractivity contribution in [2.45, 2.75) is 0 Å². The molecule has 6 nitrogen and oxygen atoms in total. The molecule has 0 saturated heterocycles. The zero-order valence-corrected chi connectivity index (χ0v) is 15.4. The second kappa shape index (κ2) is 7.82. The number of carbonyl (C=O) groups is 2. The molecule has 4 N–H and O–H groups in total. The van der Waals surface area contributed by atoms with Crippen LogP contribution in [0.5, 0.6) is 0 Å². The lowest BCUT2D eigenvalue weighted by Gasteiger charge is -2.08. The number of aromatic amines is 1. The minimum atomic E-state index is -0.538. The van der Waals surface area contributed by atoms with Crippen molar-refractivity contribution in [1.29, 1.82) is 0 Å². The Labute approximate surface area is 167 Å². The maximum Gasteiger partial charge on any atom is 0.255 e. The highest BCUT2D eigenvalue weighted by Crippen LogP contribution is 2.29. The van der Waals surface area contributed by atoms with E-state index in [9.17, 15) is 9.59 Å². The van der Waals surface area contributed by atoms with Crippen molar-refractivity contribution in [3.05, 3.63) is 95.8 Å². The van der Waals surface area contributed by atoms with Gasteiger partial charge in [0, 0.05) is 34.5 Å². The van der Waals surface area contributed by atoms with E-state index >= 15 is 0 Å². The maximum atomic E-state index is 12.6. The van der Waals surface area contributed by atoms with E-state index in [1.54, 1.807) is 48.8 Å².